The van der Waals surface area contributed by atoms with Crippen molar-refractivity contribution in [3.63, 3.8) is 0 Å². The third kappa shape index (κ3) is 3.54. The molecule has 0 aliphatic heterocycles. The van der Waals surface area contributed by atoms with Gasteiger partial charge in [-0.1, -0.05) is 24.3 Å². The Bertz CT molecular complexity index is 991. The number of para-hydroxylation sites is 2. The summed E-state index contributed by atoms with van der Waals surface area (Å²) in [5, 5.41) is 8.88. The van der Waals surface area contributed by atoms with Gasteiger partial charge in [-0.25, -0.2) is 9.97 Å². The summed E-state index contributed by atoms with van der Waals surface area (Å²) in [5.41, 5.74) is 4.93. The molecule has 0 bridgehead atoms. The first kappa shape index (κ1) is 16.7. The van der Waals surface area contributed by atoms with E-state index in [1.165, 1.54) is 0 Å². The Labute approximate surface area is 151 Å². The van der Waals surface area contributed by atoms with Crippen LogP contribution in [0.3, 0.4) is 0 Å². The van der Waals surface area contributed by atoms with Gasteiger partial charge in [0.1, 0.15) is 5.82 Å². The molecule has 4 rings (SSSR count). The van der Waals surface area contributed by atoms with Gasteiger partial charge in [0, 0.05) is 24.9 Å². The zero-order valence-corrected chi connectivity index (χ0v) is 14.2. The molecule has 1 N–H and O–H groups in total. The van der Waals surface area contributed by atoms with E-state index in [0.717, 1.165) is 34.7 Å². The molecular formula is C19H16ClN5. The van der Waals surface area contributed by atoms with Crippen molar-refractivity contribution in [2.75, 3.05) is 0 Å². The normalized spacial score (nSPS) is 10.4. The molecule has 5 nitrogen and oxygen atoms in total. The van der Waals surface area contributed by atoms with Crippen molar-refractivity contribution >= 4 is 23.4 Å². The van der Waals surface area contributed by atoms with Crippen LogP contribution in [0.4, 0.5) is 0 Å². The fourth-order valence-corrected chi connectivity index (χ4v) is 2.78. The summed E-state index contributed by atoms with van der Waals surface area (Å²) in [4.78, 5) is 12.2. The number of fused-ring (bicyclic) bond motifs is 1. The number of hydrogen-bond donors (Lipinski definition) is 1. The summed E-state index contributed by atoms with van der Waals surface area (Å²) >= 11 is 0. The maximum Gasteiger partial charge on any atom is 0.113 e. The Kier molecular flexibility index (Phi) is 4.82. The Balaban J connectivity index is 0.00000182. The zero-order valence-electron chi connectivity index (χ0n) is 13.4. The Morgan fingerprint density at radius 2 is 1.88 bits per heavy atom. The molecule has 124 valence electrons. The van der Waals surface area contributed by atoms with E-state index >= 15 is 0 Å². The van der Waals surface area contributed by atoms with Gasteiger partial charge in [-0.05, 0) is 29.8 Å². The van der Waals surface area contributed by atoms with Gasteiger partial charge < -0.3 is 9.55 Å². The topological polar surface area (TPSA) is 70.3 Å². The van der Waals surface area contributed by atoms with Gasteiger partial charge in [0.05, 0.1) is 29.0 Å². The van der Waals surface area contributed by atoms with Crippen molar-refractivity contribution in [1.82, 2.24) is 19.5 Å². The fourth-order valence-electron chi connectivity index (χ4n) is 2.78. The lowest BCUT2D eigenvalue weighted by Gasteiger charge is -2.07. The lowest BCUT2D eigenvalue weighted by molar-refractivity contribution is 0.746. The molecule has 0 saturated heterocycles. The van der Waals surface area contributed by atoms with E-state index < -0.39 is 0 Å². The third-order valence-corrected chi connectivity index (χ3v) is 4.02. The van der Waals surface area contributed by atoms with Crippen molar-refractivity contribution in [3.05, 3.63) is 83.7 Å². The van der Waals surface area contributed by atoms with Gasteiger partial charge in [0.15, 0.2) is 0 Å². The van der Waals surface area contributed by atoms with Crippen LogP contribution in [-0.4, -0.2) is 19.5 Å². The maximum atomic E-state index is 8.88. The zero-order chi connectivity index (χ0) is 16.4. The average Bonchev–Trinajstić information content (AvgIpc) is 3.22. The number of hydrogen-bond acceptors (Lipinski definition) is 3. The Morgan fingerprint density at radius 3 is 2.64 bits per heavy atom. The second kappa shape index (κ2) is 7.20. The molecule has 0 radical (unpaired) electrons. The van der Waals surface area contributed by atoms with Gasteiger partial charge in [-0.2, -0.15) is 5.26 Å². The van der Waals surface area contributed by atoms with Gasteiger partial charge in [0.25, 0.3) is 0 Å². The molecule has 2 heterocycles. The number of nitriles is 1. The van der Waals surface area contributed by atoms with E-state index in [-0.39, 0.29) is 12.4 Å². The molecule has 0 unspecified atom stereocenters. The van der Waals surface area contributed by atoms with E-state index in [1.807, 2.05) is 61.1 Å². The Hall–Kier alpha value is -3.10. The molecule has 0 atom stereocenters. The molecule has 6 heteroatoms. The predicted octanol–water partition coefficient (Wildman–Crippen LogP) is 3.69. The number of rotatable bonds is 4. The molecule has 4 aromatic rings. The number of nitrogens with zero attached hydrogens (tertiary/aromatic N) is 4. The highest BCUT2D eigenvalue weighted by Crippen LogP contribution is 2.14. The Morgan fingerprint density at radius 1 is 1.08 bits per heavy atom. The minimum absolute atomic E-state index is 0. The smallest absolute Gasteiger partial charge is 0.113 e. The van der Waals surface area contributed by atoms with Crippen LogP contribution in [0.2, 0.25) is 0 Å². The minimum atomic E-state index is 0. The summed E-state index contributed by atoms with van der Waals surface area (Å²) in [6.45, 7) is 0.723. The van der Waals surface area contributed by atoms with E-state index in [0.29, 0.717) is 12.0 Å². The summed E-state index contributed by atoms with van der Waals surface area (Å²) in [5.74, 6) is 0.928. The first-order valence-electron chi connectivity index (χ1n) is 7.73. The number of H-pyrrole nitrogens is 1. The SMILES string of the molecule is Cl.N#Cc1ccc(Cn2cncc2Cc2nc3ccccc3[nH]2)cc1. The molecule has 0 aliphatic carbocycles. The van der Waals surface area contributed by atoms with E-state index in [1.54, 1.807) is 0 Å². The van der Waals surface area contributed by atoms with Crippen LogP contribution in [-0.2, 0) is 13.0 Å². The van der Waals surface area contributed by atoms with E-state index in [9.17, 15) is 0 Å². The number of imidazole rings is 2. The highest BCUT2D eigenvalue weighted by atomic mass is 35.5. The molecule has 0 amide bonds. The maximum absolute atomic E-state index is 8.88. The van der Waals surface area contributed by atoms with Crippen molar-refractivity contribution in [2.24, 2.45) is 0 Å². The lowest BCUT2D eigenvalue weighted by Crippen LogP contribution is -2.04. The molecule has 0 saturated carbocycles. The molecule has 2 aromatic heterocycles. The first-order valence-corrected chi connectivity index (χ1v) is 7.73. The van der Waals surface area contributed by atoms with Crippen LogP contribution in [0.25, 0.3) is 11.0 Å². The quantitative estimate of drug-likeness (QED) is 0.610. The van der Waals surface area contributed by atoms with E-state index in [4.69, 9.17) is 5.26 Å². The summed E-state index contributed by atoms with van der Waals surface area (Å²) < 4.78 is 2.11. The first-order chi connectivity index (χ1) is 11.8. The lowest BCUT2D eigenvalue weighted by atomic mass is 10.1. The van der Waals surface area contributed by atoms with Crippen LogP contribution < -0.4 is 0 Å². The number of aromatic nitrogens is 4. The molecular weight excluding hydrogens is 334 g/mol. The third-order valence-electron chi connectivity index (χ3n) is 4.02. The highest BCUT2D eigenvalue weighted by Gasteiger charge is 2.08. The number of nitrogens with one attached hydrogen (secondary N) is 1. The second-order valence-electron chi connectivity index (χ2n) is 5.70. The van der Waals surface area contributed by atoms with Crippen molar-refractivity contribution < 1.29 is 0 Å². The average molecular weight is 350 g/mol. The number of aromatic amines is 1. The van der Waals surface area contributed by atoms with Crippen LogP contribution in [0, 0.1) is 11.3 Å². The predicted molar refractivity (Wildman–Crippen MR) is 98.6 cm³/mol. The molecule has 0 fully saturated rings. The molecule has 0 spiro atoms. The van der Waals surface area contributed by atoms with E-state index in [2.05, 4.69) is 25.6 Å². The molecule has 2 aromatic carbocycles. The highest BCUT2D eigenvalue weighted by molar-refractivity contribution is 5.85. The van der Waals surface area contributed by atoms with Crippen LogP contribution in [0.1, 0.15) is 22.6 Å². The summed E-state index contributed by atoms with van der Waals surface area (Å²) in [6.07, 6.45) is 4.40. The van der Waals surface area contributed by atoms with Crippen LogP contribution >= 0.6 is 12.4 Å². The summed E-state index contributed by atoms with van der Waals surface area (Å²) in [6, 6.07) is 17.8. The van der Waals surface area contributed by atoms with Gasteiger partial charge >= 0.3 is 0 Å². The van der Waals surface area contributed by atoms with Gasteiger partial charge in [-0.15, -0.1) is 12.4 Å². The number of halogens is 1. The molecule has 0 aliphatic rings. The van der Waals surface area contributed by atoms with Crippen LogP contribution in [0.5, 0.6) is 0 Å². The van der Waals surface area contributed by atoms with Crippen molar-refractivity contribution in [2.45, 2.75) is 13.0 Å². The minimum Gasteiger partial charge on any atom is -0.342 e. The largest absolute Gasteiger partial charge is 0.342 e. The number of benzene rings is 2. The second-order valence-corrected chi connectivity index (χ2v) is 5.70. The van der Waals surface area contributed by atoms with Gasteiger partial charge in [-0.3, -0.25) is 0 Å². The van der Waals surface area contributed by atoms with Gasteiger partial charge in [0.2, 0.25) is 0 Å². The standard InChI is InChI=1S/C19H15N5.ClH/c20-10-14-5-7-15(8-6-14)12-24-13-21-11-16(24)9-19-22-17-3-1-2-4-18(17)23-19;/h1-8,11,13H,9,12H2,(H,22,23);1H. The van der Waals surface area contributed by atoms with Crippen LogP contribution in [0.15, 0.2) is 61.1 Å². The molecule has 25 heavy (non-hydrogen) atoms. The van der Waals surface area contributed by atoms with Crippen molar-refractivity contribution in [1.29, 1.82) is 5.26 Å². The monoisotopic (exact) mass is 349 g/mol. The fraction of sp³-hybridized carbons (Fsp3) is 0.105. The summed E-state index contributed by atoms with van der Waals surface area (Å²) in [7, 11) is 0. The van der Waals surface area contributed by atoms with Crippen molar-refractivity contribution in [3.8, 4) is 6.07 Å².